The molecule has 2 saturated heterocycles. The van der Waals surface area contributed by atoms with E-state index in [2.05, 4.69) is 15.6 Å². The van der Waals surface area contributed by atoms with Crippen molar-refractivity contribution < 1.29 is 19.1 Å². The lowest BCUT2D eigenvalue weighted by atomic mass is 10.0. The largest absolute Gasteiger partial charge is 0.354 e. The molecule has 1 aromatic carbocycles. The van der Waals surface area contributed by atoms with Gasteiger partial charge in [-0.2, -0.15) is 0 Å². The normalized spacial score (nSPS) is 17.9. The molecule has 0 bridgehead atoms. The summed E-state index contributed by atoms with van der Waals surface area (Å²) in [6.07, 6.45) is 3.00. The fourth-order valence-corrected chi connectivity index (χ4v) is 3.64. The fourth-order valence-electron chi connectivity index (χ4n) is 3.64. The predicted molar refractivity (Wildman–Crippen MR) is 108 cm³/mol. The van der Waals surface area contributed by atoms with Gasteiger partial charge in [0.1, 0.15) is 5.69 Å². The summed E-state index contributed by atoms with van der Waals surface area (Å²) in [5, 5.41) is 5.97. The van der Waals surface area contributed by atoms with Gasteiger partial charge in [0.25, 0.3) is 5.91 Å². The Labute approximate surface area is 169 Å². The van der Waals surface area contributed by atoms with Crippen molar-refractivity contribution in [3.8, 4) is 0 Å². The number of piperidine rings is 1. The van der Waals surface area contributed by atoms with Crippen molar-refractivity contribution in [3.63, 3.8) is 0 Å². The summed E-state index contributed by atoms with van der Waals surface area (Å²) in [5.74, 6) is -0.706. The molecule has 152 valence electrons. The van der Waals surface area contributed by atoms with E-state index in [9.17, 15) is 9.59 Å². The van der Waals surface area contributed by atoms with E-state index < -0.39 is 5.79 Å². The van der Waals surface area contributed by atoms with E-state index in [1.165, 1.54) is 6.92 Å². The van der Waals surface area contributed by atoms with Crippen LogP contribution in [0.3, 0.4) is 0 Å². The molecule has 0 unspecified atom stereocenters. The highest BCUT2D eigenvalue weighted by molar-refractivity contribution is 5.92. The van der Waals surface area contributed by atoms with Gasteiger partial charge in [0, 0.05) is 44.2 Å². The number of nitrogens with one attached hydrogen (secondary N) is 2. The Hall–Kier alpha value is -2.97. The van der Waals surface area contributed by atoms with Crippen LogP contribution < -0.4 is 10.6 Å². The Morgan fingerprint density at radius 1 is 1.03 bits per heavy atom. The van der Waals surface area contributed by atoms with E-state index in [1.807, 2.05) is 30.3 Å². The summed E-state index contributed by atoms with van der Waals surface area (Å²) in [6, 6.07) is 10.9. The zero-order valence-corrected chi connectivity index (χ0v) is 16.3. The van der Waals surface area contributed by atoms with E-state index in [0.29, 0.717) is 50.5 Å². The zero-order valence-electron chi connectivity index (χ0n) is 16.3. The number of hydrogen-bond donors (Lipinski definition) is 2. The van der Waals surface area contributed by atoms with Crippen LogP contribution in [0.2, 0.25) is 0 Å². The number of amides is 2. The smallest absolute Gasteiger partial charge is 0.272 e. The molecule has 2 N–H and O–H groups in total. The maximum Gasteiger partial charge on any atom is 0.272 e. The second-order valence-corrected chi connectivity index (χ2v) is 7.22. The Balaban J connectivity index is 1.36. The van der Waals surface area contributed by atoms with Crippen LogP contribution in [0.25, 0.3) is 0 Å². The summed E-state index contributed by atoms with van der Waals surface area (Å²) < 4.78 is 11.4. The van der Waals surface area contributed by atoms with Crippen LogP contribution in [0.15, 0.2) is 42.6 Å². The summed E-state index contributed by atoms with van der Waals surface area (Å²) in [4.78, 5) is 30.1. The minimum Gasteiger partial charge on any atom is -0.354 e. The molecule has 0 aliphatic carbocycles. The first kappa shape index (κ1) is 19.4. The number of benzene rings is 1. The van der Waals surface area contributed by atoms with Crippen molar-refractivity contribution in [1.29, 1.82) is 0 Å². The molecule has 3 heterocycles. The first-order chi connectivity index (χ1) is 14.0. The summed E-state index contributed by atoms with van der Waals surface area (Å²) in [7, 11) is 0. The molecule has 0 radical (unpaired) electrons. The predicted octanol–water partition coefficient (Wildman–Crippen LogP) is 2.76. The zero-order chi connectivity index (χ0) is 20.3. The van der Waals surface area contributed by atoms with Crippen LogP contribution in [0.1, 0.15) is 30.3 Å². The second-order valence-electron chi connectivity index (χ2n) is 7.22. The average molecular weight is 396 g/mol. The highest BCUT2D eigenvalue weighted by Gasteiger charge is 2.40. The van der Waals surface area contributed by atoms with E-state index in [4.69, 9.17) is 9.47 Å². The lowest BCUT2D eigenvalue weighted by Crippen LogP contribution is -2.47. The van der Waals surface area contributed by atoms with Gasteiger partial charge in [0.15, 0.2) is 5.79 Å². The molecule has 0 atom stereocenters. The van der Waals surface area contributed by atoms with Crippen LogP contribution in [-0.2, 0) is 14.3 Å². The van der Waals surface area contributed by atoms with Gasteiger partial charge in [0.05, 0.1) is 25.1 Å². The number of aromatic nitrogens is 1. The molecule has 2 fully saturated rings. The number of likely N-dealkylation sites (tertiary alicyclic amines) is 1. The topological polar surface area (TPSA) is 92.8 Å². The van der Waals surface area contributed by atoms with Crippen LogP contribution in [0.5, 0.6) is 0 Å². The lowest BCUT2D eigenvalue weighted by molar-refractivity contribution is -0.181. The number of carbonyl (C=O) groups excluding carboxylic acids is 2. The van der Waals surface area contributed by atoms with Crippen LogP contribution >= 0.6 is 0 Å². The molecule has 2 aliphatic heterocycles. The van der Waals surface area contributed by atoms with Gasteiger partial charge in [-0.1, -0.05) is 6.07 Å². The van der Waals surface area contributed by atoms with Gasteiger partial charge in [-0.15, -0.1) is 0 Å². The Kier molecular flexibility index (Phi) is 5.46. The van der Waals surface area contributed by atoms with Crippen LogP contribution in [0, 0.1) is 0 Å². The summed E-state index contributed by atoms with van der Waals surface area (Å²) >= 11 is 0. The number of ether oxygens (including phenoxy) is 2. The molecule has 2 aromatic rings. The Bertz CT molecular complexity index is 884. The van der Waals surface area contributed by atoms with Crippen molar-refractivity contribution in [3.05, 3.63) is 48.3 Å². The molecule has 8 heteroatoms. The van der Waals surface area contributed by atoms with Gasteiger partial charge >= 0.3 is 0 Å². The third-order valence-corrected chi connectivity index (χ3v) is 5.08. The summed E-state index contributed by atoms with van der Waals surface area (Å²) in [5.41, 5.74) is 2.69. The number of carbonyl (C=O) groups is 2. The first-order valence-corrected chi connectivity index (χ1v) is 9.71. The van der Waals surface area contributed by atoms with Gasteiger partial charge in [-0.3, -0.25) is 9.59 Å². The van der Waals surface area contributed by atoms with Crippen molar-refractivity contribution in [2.45, 2.75) is 25.6 Å². The molecule has 1 aromatic heterocycles. The van der Waals surface area contributed by atoms with Gasteiger partial charge in [-0.05, 0) is 30.3 Å². The Morgan fingerprint density at radius 3 is 2.41 bits per heavy atom. The minimum atomic E-state index is -0.496. The molecule has 2 aliphatic rings. The van der Waals surface area contributed by atoms with E-state index in [0.717, 1.165) is 11.4 Å². The molecule has 1 spiro atoms. The molecule has 2 amide bonds. The van der Waals surface area contributed by atoms with Crippen LogP contribution in [-0.4, -0.2) is 53.8 Å². The van der Waals surface area contributed by atoms with Crippen molar-refractivity contribution in [2.24, 2.45) is 0 Å². The maximum absolute atomic E-state index is 12.7. The average Bonchev–Trinajstić information content (AvgIpc) is 3.16. The van der Waals surface area contributed by atoms with Crippen molar-refractivity contribution in [1.82, 2.24) is 9.88 Å². The standard InChI is InChI=1S/C21H24N4O4/c1-15(26)23-16-3-2-4-17(13-16)24-18-5-6-19(22-14-18)20(27)25-9-7-21(8-10-25)28-11-12-29-21/h2-6,13-14,24H,7-12H2,1H3,(H,23,26). The molecule has 8 nitrogen and oxygen atoms in total. The third-order valence-electron chi connectivity index (χ3n) is 5.08. The van der Waals surface area contributed by atoms with Crippen molar-refractivity contribution in [2.75, 3.05) is 36.9 Å². The van der Waals surface area contributed by atoms with Gasteiger partial charge < -0.3 is 25.0 Å². The number of rotatable bonds is 4. The number of hydrogen-bond acceptors (Lipinski definition) is 6. The maximum atomic E-state index is 12.7. The third kappa shape index (κ3) is 4.55. The fraction of sp³-hybridized carbons (Fsp3) is 0.381. The van der Waals surface area contributed by atoms with Crippen molar-refractivity contribution >= 4 is 28.9 Å². The van der Waals surface area contributed by atoms with E-state index in [1.54, 1.807) is 17.2 Å². The quantitative estimate of drug-likeness (QED) is 0.826. The number of nitrogens with zero attached hydrogens (tertiary/aromatic N) is 2. The van der Waals surface area contributed by atoms with E-state index in [-0.39, 0.29) is 11.8 Å². The lowest BCUT2D eigenvalue weighted by Gasteiger charge is -2.37. The molecule has 0 saturated carbocycles. The monoisotopic (exact) mass is 396 g/mol. The molecular weight excluding hydrogens is 372 g/mol. The first-order valence-electron chi connectivity index (χ1n) is 9.71. The highest BCUT2D eigenvalue weighted by Crippen LogP contribution is 2.31. The van der Waals surface area contributed by atoms with E-state index >= 15 is 0 Å². The second kappa shape index (κ2) is 8.18. The SMILES string of the molecule is CC(=O)Nc1cccc(Nc2ccc(C(=O)N3CCC4(CC3)OCCO4)nc2)c1. The molecule has 29 heavy (non-hydrogen) atoms. The number of anilines is 3. The van der Waals surface area contributed by atoms with Crippen LogP contribution in [0.4, 0.5) is 17.1 Å². The summed E-state index contributed by atoms with van der Waals surface area (Å²) in [6.45, 7) is 3.90. The number of pyridine rings is 1. The Morgan fingerprint density at radius 2 is 1.76 bits per heavy atom. The minimum absolute atomic E-state index is 0.0861. The molecule has 4 rings (SSSR count). The highest BCUT2D eigenvalue weighted by atomic mass is 16.7. The molecular formula is C21H24N4O4. The van der Waals surface area contributed by atoms with Gasteiger partial charge in [-0.25, -0.2) is 4.98 Å². The van der Waals surface area contributed by atoms with Gasteiger partial charge in [0.2, 0.25) is 5.91 Å².